The van der Waals surface area contributed by atoms with Gasteiger partial charge in [0.1, 0.15) is 15.6 Å². The molecular formula is C15H24ClNO3S. The fourth-order valence-corrected chi connectivity index (χ4v) is 2.79. The highest BCUT2D eigenvalue weighted by Crippen LogP contribution is 2.23. The zero-order valence-corrected chi connectivity index (χ0v) is 14.4. The maximum absolute atomic E-state index is 11.4. The van der Waals surface area contributed by atoms with Gasteiger partial charge in [0.05, 0.1) is 12.4 Å². The van der Waals surface area contributed by atoms with Gasteiger partial charge in [-0.25, -0.2) is 8.42 Å². The predicted octanol–water partition coefficient (Wildman–Crippen LogP) is 3.04. The van der Waals surface area contributed by atoms with Crippen LogP contribution in [0, 0.1) is 0 Å². The molecule has 1 rings (SSSR count). The Kier molecular flexibility index (Phi) is 7.49. The first-order valence-electron chi connectivity index (χ1n) is 7.19. The summed E-state index contributed by atoms with van der Waals surface area (Å²) in [5.74, 6) is 1.09. The van der Waals surface area contributed by atoms with Gasteiger partial charge in [0.2, 0.25) is 0 Å². The molecule has 0 fully saturated rings. The Hall–Kier alpha value is -0.780. The molecule has 1 N–H and O–H groups in total. The van der Waals surface area contributed by atoms with Crippen molar-refractivity contribution in [1.82, 2.24) is 5.32 Å². The average molecular weight is 334 g/mol. The molecule has 1 aromatic rings. The van der Waals surface area contributed by atoms with Gasteiger partial charge in [0.15, 0.2) is 0 Å². The van der Waals surface area contributed by atoms with Gasteiger partial charge < -0.3 is 10.1 Å². The third-order valence-electron chi connectivity index (χ3n) is 3.02. The number of hydrogen-bond acceptors (Lipinski definition) is 4. The van der Waals surface area contributed by atoms with Crippen molar-refractivity contribution in [3.63, 3.8) is 0 Å². The number of rotatable bonds is 9. The van der Waals surface area contributed by atoms with E-state index in [1.54, 1.807) is 13.0 Å². The van der Waals surface area contributed by atoms with Gasteiger partial charge in [-0.15, -0.1) is 0 Å². The van der Waals surface area contributed by atoms with Gasteiger partial charge in [0.25, 0.3) is 0 Å². The summed E-state index contributed by atoms with van der Waals surface area (Å²) in [6.45, 7) is 6.85. The highest BCUT2D eigenvalue weighted by atomic mass is 35.5. The first-order valence-corrected chi connectivity index (χ1v) is 9.39. The molecule has 0 heterocycles. The van der Waals surface area contributed by atoms with Crippen molar-refractivity contribution in [2.24, 2.45) is 0 Å². The minimum atomic E-state index is -2.93. The van der Waals surface area contributed by atoms with E-state index >= 15 is 0 Å². The fraction of sp³-hybridized carbons (Fsp3) is 0.600. The molecule has 120 valence electrons. The molecule has 6 heteroatoms. The predicted molar refractivity (Wildman–Crippen MR) is 87.9 cm³/mol. The molecule has 0 aromatic heterocycles. The van der Waals surface area contributed by atoms with Crippen molar-refractivity contribution in [3.05, 3.63) is 28.8 Å². The monoisotopic (exact) mass is 333 g/mol. The first kappa shape index (κ1) is 18.3. The Morgan fingerprint density at radius 1 is 1.33 bits per heavy atom. The van der Waals surface area contributed by atoms with E-state index in [-0.39, 0.29) is 11.5 Å². The molecule has 0 bridgehead atoms. The van der Waals surface area contributed by atoms with Crippen LogP contribution in [-0.2, 0) is 16.4 Å². The first-order chi connectivity index (χ1) is 9.84. The van der Waals surface area contributed by atoms with E-state index in [2.05, 4.69) is 19.2 Å². The van der Waals surface area contributed by atoms with Crippen LogP contribution in [0.15, 0.2) is 18.2 Å². The van der Waals surface area contributed by atoms with Crippen LogP contribution in [-0.4, -0.2) is 32.6 Å². The molecular weight excluding hydrogens is 310 g/mol. The standard InChI is InChI=1S/C15H24ClNO3S/c1-4-21(18,19)9-5-8-20-15-7-6-14(16)10-13(15)11-17-12(2)3/h6-7,10,12,17H,4-5,8-9,11H2,1-3H3. The summed E-state index contributed by atoms with van der Waals surface area (Å²) >= 11 is 6.01. The van der Waals surface area contributed by atoms with Gasteiger partial charge in [-0.3, -0.25) is 0 Å². The molecule has 1 aromatic carbocycles. The zero-order chi connectivity index (χ0) is 15.9. The Bertz CT molecular complexity index is 544. The average Bonchev–Trinajstić information content (AvgIpc) is 2.43. The Morgan fingerprint density at radius 2 is 2.05 bits per heavy atom. The summed E-state index contributed by atoms with van der Waals surface area (Å²) in [4.78, 5) is 0. The topological polar surface area (TPSA) is 55.4 Å². The normalized spacial score (nSPS) is 11.9. The molecule has 0 aliphatic rings. The molecule has 0 aliphatic carbocycles. The number of halogens is 1. The van der Waals surface area contributed by atoms with Gasteiger partial charge in [0, 0.05) is 28.9 Å². The van der Waals surface area contributed by atoms with Crippen LogP contribution in [0.1, 0.15) is 32.8 Å². The SMILES string of the molecule is CCS(=O)(=O)CCCOc1ccc(Cl)cc1CNC(C)C. The van der Waals surface area contributed by atoms with E-state index in [1.165, 1.54) is 0 Å². The molecule has 0 amide bonds. The highest BCUT2D eigenvalue weighted by Gasteiger charge is 2.09. The minimum absolute atomic E-state index is 0.163. The van der Waals surface area contributed by atoms with Gasteiger partial charge in [-0.2, -0.15) is 0 Å². The maximum atomic E-state index is 11.4. The van der Waals surface area contributed by atoms with E-state index in [0.29, 0.717) is 30.6 Å². The van der Waals surface area contributed by atoms with Crippen LogP contribution in [0.3, 0.4) is 0 Å². The molecule has 4 nitrogen and oxygen atoms in total. The van der Waals surface area contributed by atoms with Gasteiger partial charge >= 0.3 is 0 Å². The van der Waals surface area contributed by atoms with Crippen LogP contribution >= 0.6 is 11.6 Å². The Morgan fingerprint density at radius 3 is 2.67 bits per heavy atom. The summed E-state index contributed by atoms with van der Waals surface area (Å²) in [7, 11) is -2.93. The molecule has 21 heavy (non-hydrogen) atoms. The minimum Gasteiger partial charge on any atom is -0.493 e. The van der Waals surface area contributed by atoms with Crippen LogP contribution in [0.4, 0.5) is 0 Å². The van der Waals surface area contributed by atoms with E-state index in [4.69, 9.17) is 16.3 Å². The molecule has 0 aliphatic heterocycles. The third kappa shape index (κ3) is 7.16. The molecule has 0 atom stereocenters. The van der Waals surface area contributed by atoms with Crippen LogP contribution < -0.4 is 10.1 Å². The Balaban J connectivity index is 2.57. The van der Waals surface area contributed by atoms with Crippen LogP contribution in [0.2, 0.25) is 5.02 Å². The van der Waals surface area contributed by atoms with Crippen molar-refractivity contribution in [1.29, 1.82) is 0 Å². The number of benzene rings is 1. The number of nitrogens with one attached hydrogen (secondary N) is 1. The molecule has 0 unspecified atom stereocenters. The van der Waals surface area contributed by atoms with Crippen molar-refractivity contribution < 1.29 is 13.2 Å². The van der Waals surface area contributed by atoms with Crippen LogP contribution in [0.25, 0.3) is 0 Å². The summed E-state index contributed by atoms with van der Waals surface area (Å²) < 4.78 is 28.5. The summed E-state index contributed by atoms with van der Waals surface area (Å²) in [5, 5.41) is 3.98. The van der Waals surface area contributed by atoms with Crippen molar-refractivity contribution in [2.45, 2.75) is 39.8 Å². The second kappa shape index (κ2) is 8.61. The fourth-order valence-electron chi connectivity index (χ4n) is 1.75. The number of ether oxygens (including phenoxy) is 1. The second-order valence-corrected chi connectivity index (χ2v) is 8.14. The second-order valence-electron chi connectivity index (χ2n) is 5.23. The summed E-state index contributed by atoms with van der Waals surface area (Å²) in [6.07, 6.45) is 0.496. The summed E-state index contributed by atoms with van der Waals surface area (Å²) in [5.41, 5.74) is 0.981. The van der Waals surface area contributed by atoms with Crippen molar-refractivity contribution >= 4 is 21.4 Å². The lowest BCUT2D eigenvalue weighted by molar-refractivity contribution is 0.313. The molecule has 0 saturated carbocycles. The van der Waals surface area contributed by atoms with Crippen molar-refractivity contribution in [2.75, 3.05) is 18.1 Å². The van der Waals surface area contributed by atoms with E-state index < -0.39 is 9.84 Å². The van der Waals surface area contributed by atoms with Gasteiger partial charge in [-0.1, -0.05) is 32.4 Å². The maximum Gasteiger partial charge on any atom is 0.150 e. The van der Waals surface area contributed by atoms with E-state index in [9.17, 15) is 8.42 Å². The van der Waals surface area contributed by atoms with E-state index in [0.717, 1.165) is 11.3 Å². The third-order valence-corrected chi connectivity index (χ3v) is 5.05. The van der Waals surface area contributed by atoms with Gasteiger partial charge in [-0.05, 0) is 24.6 Å². The Labute approximate surface area is 132 Å². The summed E-state index contributed by atoms with van der Waals surface area (Å²) in [6, 6.07) is 5.84. The number of sulfone groups is 1. The molecule has 0 radical (unpaired) electrons. The molecule has 0 saturated heterocycles. The largest absolute Gasteiger partial charge is 0.493 e. The quantitative estimate of drug-likeness (QED) is 0.706. The zero-order valence-electron chi connectivity index (χ0n) is 12.9. The van der Waals surface area contributed by atoms with E-state index in [1.807, 2.05) is 12.1 Å². The molecule has 0 spiro atoms. The van der Waals surface area contributed by atoms with Crippen LogP contribution in [0.5, 0.6) is 5.75 Å². The number of hydrogen-bond donors (Lipinski definition) is 1. The smallest absolute Gasteiger partial charge is 0.150 e. The van der Waals surface area contributed by atoms with Crippen molar-refractivity contribution in [3.8, 4) is 5.75 Å². The lowest BCUT2D eigenvalue weighted by atomic mass is 10.2. The lowest BCUT2D eigenvalue weighted by Gasteiger charge is -2.14. The highest BCUT2D eigenvalue weighted by molar-refractivity contribution is 7.91. The lowest BCUT2D eigenvalue weighted by Crippen LogP contribution is -2.22.